The zero-order valence-corrected chi connectivity index (χ0v) is 10.7. The van der Waals surface area contributed by atoms with Crippen molar-refractivity contribution in [3.05, 3.63) is 45.0 Å². The molecule has 0 amide bonds. The van der Waals surface area contributed by atoms with Crippen LogP contribution in [0.25, 0.3) is 10.7 Å². The average molecular weight is 243 g/mol. The molecule has 0 unspecified atom stereocenters. The number of nitrogens with zero attached hydrogens (tertiary/aromatic N) is 5. The van der Waals surface area contributed by atoms with E-state index in [2.05, 4.69) is 14.9 Å². The molecule has 0 saturated heterocycles. The number of hydrogen-bond acceptors (Lipinski definition) is 3. The Morgan fingerprint density at radius 1 is 1.33 bits per heavy atom. The molecule has 0 spiro atoms. The molecule has 0 aliphatic rings. The Balaban J connectivity index is 2.73. The van der Waals surface area contributed by atoms with Gasteiger partial charge in [0, 0.05) is 12.7 Å². The summed E-state index contributed by atoms with van der Waals surface area (Å²) in [5.74, 6) is 1.10. The largest absolute Gasteiger partial charge is 0.351 e. The van der Waals surface area contributed by atoms with E-state index < -0.39 is 0 Å². The highest BCUT2D eigenvalue weighted by Gasteiger charge is 2.13. The highest BCUT2D eigenvalue weighted by Crippen LogP contribution is 2.21. The molecule has 92 valence electrons. The molecule has 0 aromatic carbocycles. The van der Waals surface area contributed by atoms with E-state index in [0.717, 1.165) is 5.56 Å². The van der Waals surface area contributed by atoms with Gasteiger partial charge in [-0.25, -0.2) is 14.6 Å². The maximum atomic E-state index is 12.0. The summed E-state index contributed by atoms with van der Waals surface area (Å²) < 4.78 is 2.73. The van der Waals surface area contributed by atoms with Crippen LogP contribution in [0.1, 0.15) is 17.1 Å². The van der Waals surface area contributed by atoms with Gasteiger partial charge in [-0.05, 0) is 32.4 Å². The van der Waals surface area contributed by atoms with Crippen molar-refractivity contribution < 1.29 is 0 Å². The zero-order chi connectivity index (χ0) is 13.4. The molecule has 0 fully saturated rings. The highest BCUT2D eigenvalue weighted by molar-refractivity contribution is 5.54. The van der Waals surface area contributed by atoms with Gasteiger partial charge in [0.1, 0.15) is 5.82 Å². The minimum Gasteiger partial charge on any atom is -0.282 e. The lowest BCUT2D eigenvalue weighted by Gasteiger charge is -2.06. The third-order valence-corrected chi connectivity index (χ3v) is 2.87. The Morgan fingerprint density at radius 3 is 2.50 bits per heavy atom. The molecule has 18 heavy (non-hydrogen) atoms. The summed E-state index contributed by atoms with van der Waals surface area (Å²) >= 11 is 0. The van der Waals surface area contributed by atoms with Crippen LogP contribution in [0.2, 0.25) is 0 Å². The lowest BCUT2D eigenvalue weighted by molar-refractivity contribution is 0.771. The van der Waals surface area contributed by atoms with Gasteiger partial charge in [-0.2, -0.15) is 4.68 Å². The number of hydrogen-bond donors (Lipinski definition) is 0. The molecule has 6 heteroatoms. The van der Waals surface area contributed by atoms with Crippen molar-refractivity contribution in [3.8, 4) is 5.82 Å². The molecular weight excluding hydrogens is 230 g/mol. The molecule has 6 nitrogen and oxygen atoms in total. The predicted molar refractivity (Wildman–Crippen MR) is 67.1 cm³/mol. The topological polar surface area (TPSA) is 57.1 Å². The van der Waals surface area contributed by atoms with E-state index >= 15 is 0 Å². The van der Waals surface area contributed by atoms with Crippen LogP contribution in [0.15, 0.2) is 10.9 Å². The summed E-state index contributed by atoms with van der Waals surface area (Å²) in [4.78, 5) is 19.7. The third kappa shape index (κ3) is 1.70. The summed E-state index contributed by atoms with van der Waals surface area (Å²) in [5, 5.41) is 4.16. The smallest absolute Gasteiger partial charge is 0.282 e. The van der Waals surface area contributed by atoms with Gasteiger partial charge in [0.25, 0.3) is 0 Å². The molecule has 0 atom stereocenters. The number of aromatic nitrogens is 4. The first-order chi connectivity index (χ1) is 8.45. The second-order valence-corrected chi connectivity index (χ2v) is 4.15. The Kier molecular flexibility index (Phi) is 2.75. The monoisotopic (exact) mass is 243 g/mol. The van der Waals surface area contributed by atoms with Crippen molar-refractivity contribution >= 4 is 5.69 Å². The van der Waals surface area contributed by atoms with Gasteiger partial charge in [0.15, 0.2) is 5.82 Å². The summed E-state index contributed by atoms with van der Waals surface area (Å²) in [7, 11) is 1.66. The van der Waals surface area contributed by atoms with Crippen molar-refractivity contribution in [1.29, 1.82) is 0 Å². The lowest BCUT2D eigenvalue weighted by Crippen LogP contribution is -2.23. The van der Waals surface area contributed by atoms with E-state index in [1.165, 1.54) is 9.25 Å². The SMILES string of the molecule is [C-]#[N+]c1cc(C)c(-n2nc(C)n(C)c2=O)nc1C. The average Bonchev–Trinajstić information content (AvgIpc) is 2.59. The minimum atomic E-state index is -0.238. The van der Waals surface area contributed by atoms with Gasteiger partial charge in [-0.3, -0.25) is 4.57 Å². The van der Waals surface area contributed by atoms with Crippen LogP contribution in [-0.2, 0) is 7.05 Å². The zero-order valence-electron chi connectivity index (χ0n) is 10.7. The van der Waals surface area contributed by atoms with E-state index in [1.54, 1.807) is 27.0 Å². The van der Waals surface area contributed by atoms with Crippen LogP contribution < -0.4 is 5.69 Å². The second kappa shape index (κ2) is 4.11. The van der Waals surface area contributed by atoms with Crippen LogP contribution in [0, 0.1) is 27.3 Å². The maximum Gasteiger partial charge on any atom is 0.351 e. The Morgan fingerprint density at radius 2 is 2.00 bits per heavy atom. The number of pyridine rings is 1. The number of aryl methyl sites for hydroxylation is 3. The number of rotatable bonds is 1. The van der Waals surface area contributed by atoms with E-state index in [1.807, 2.05) is 6.92 Å². The van der Waals surface area contributed by atoms with E-state index in [9.17, 15) is 4.79 Å². The Labute approximate surface area is 104 Å². The summed E-state index contributed by atoms with van der Waals surface area (Å²) in [6.45, 7) is 12.4. The highest BCUT2D eigenvalue weighted by atomic mass is 16.2. The standard InChI is InChI=1S/C12H13N5O/c1-7-6-10(13-4)8(2)14-11(7)17-12(18)16(5)9(3)15-17/h6H,1-3,5H3. The van der Waals surface area contributed by atoms with Crippen LogP contribution in [0.5, 0.6) is 0 Å². The Hall–Kier alpha value is -2.42. The van der Waals surface area contributed by atoms with Gasteiger partial charge in [0.05, 0.1) is 6.57 Å². The summed E-state index contributed by atoms with van der Waals surface area (Å²) in [6, 6.07) is 1.72. The van der Waals surface area contributed by atoms with Gasteiger partial charge in [0.2, 0.25) is 5.69 Å². The molecule has 0 radical (unpaired) electrons. The van der Waals surface area contributed by atoms with E-state index in [-0.39, 0.29) is 5.69 Å². The van der Waals surface area contributed by atoms with Crippen LogP contribution in [-0.4, -0.2) is 19.3 Å². The molecule has 0 aliphatic carbocycles. The van der Waals surface area contributed by atoms with E-state index in [4.69, 9.17) is 6.57 Å². The quantitative estimate of drug-likeness (QED) is 0.712. The van der Waals surface area contributed by atoms with E-state index in [0.29, 0.717) is 23.0 Å². The molecule has 0 saturated carbocycles. The molecular formula is C12H13N5O. The van der Waals surface area contributed by atoms with Gasteiger partial charge >= 0.3 is 5.69 Å². The Bertz CT molecular complexity index is 717. The molecule has 0 aliphatic heterocycles. The molecule has 2 aromatic rings. The fourth-order valence-electron chi connectivity index (χ4n) is 1.68. The van der Waals surface area contributed by atoms with Gasteiger partial charge in [-0.15, -0.1) is 5.10 Å². The molecule has 2 rings (SSSR count). The lowest BCUT2D eigenvalue weighted by atomic mass is 10.2. The predicted octanol–water partition coefficient (Wildman–Crippen LogP) is 1.44. The van der Waals surface area contributed by atoms with Gasteiger partial charge in [-0.1, -0.05) is 0 Å². The first-order valence-corrected chi connectivity index (χ1v) is 5.44. The second-order valence-electron chi connectivity index (χ2n) is 4.15. The van der Waals surface area contributed by atoms with Gasteiger partial charge < -0.3 is 0 Å². The fourth-order valence-corrected chi connectivity index (χ4v) is 1.68. The maximum absolute atomic E-state index is 12.0. The molecule has 0 bridgehead atoms. The summed E-state index contributed by atoms with van der Waals surface area (Å²) in [6.07, 6.45) is 0. The van der Waals surface area contributed by atoms with Crippen LogP contribution in [0.3, 0.4) is 0 Å². The molecule has 2 heterocycles. The van der Waals surface area contributed by atoms with Crippen molar-refractivity contribution in [2.45, 2.75) is 20.8 Å². The van der Waals surface area contributed by atoms with Crippen LogP contribution >= 0.6 is 0 Å². The van der Waals surface area contributed by atoms with Crippen molar-refractivity contribution in [1.82, 2.24) is 19.3 Å². The summed E-state index contributed by atoms with van der Waals surface area (Å²) in [5.41, 5.74) is 1.61. The first-order valence-electron chi connectivity index (χ1n) is 5.44. The third-order valence-electron chi connectivity index (χ3n) is 2.87. The normalized spacial score (nSPS) is 10.4. The fraction of sp³-hybridized carbons (Fsp3) is 0.333. The minimum absolute atomic E-state index is 0.238. The van der Waals surface area contributed by atoms with Crippen LogP contribution in [0.4, 0.5) is 5.69 Å². The molecule has 2 aromatic heterocycles. The van der Waals surface area contributed by atoms with Crippen molar-refractivity contribution in [2.24, 2.45) is 7.05 Å². The first kappa shape index (κ1) is 12.0. The van der Waals surface area contributed by atoms with Crippen molar-refractivity contribution in [2.75, 3.05) is 0 Å². The molecule has 0 N–H and O–H groups in total. The van der Waals surface area contributed by atoms with Crippen molar-refractivity contribution in [3.63, 3.8) is 0 Å².